The topological polar surface area (TPSA) is 9.23 Å². The third kappa shape index (κ3) is 3.36. The van der Waals surface area contributed by atoms with Gasteiger partial charge in [0.1, 0.15) is 0 Å². The standard InChI is InChI=1S/C9H11FO.F2/c1-3-8-4-5-9(11-10)7(2)6-8;1-2/h4-6H,3H2,1-2H3;. The molecule has 0 saturated carbocycles. The van der Waals surface area contributed by atoms with Gasteiger partial charge in [-0.15, -0.1) is 0 Å². The highest BCUT2D eigenvalue weighted by Crippen LogP contribution is 2.19. The van der Waals surface area contributed by atoms with Crippen LogP contribution in [-0.4, -0.2) is 0 Å². The highest BCUT2D eigenvalue weighted by atomic mass is 20.0. The van der Waals surface area contributed by atoms with Crippen molar-refractivity contribution in [2.45, 2.75) is 20.3 Å². The van der Waals surface area contributed by atoms with Gasteiger partial charge in [0.2, 0.25) is 0 Å². The van der Waals surface area contributed by atoms with Gasteiger partial charge in [0.25, 0.3) is 0 Å². The van der Waals surface area contributed by atoms with Crippen molar-refractivity contribution in [3.63, 3.8) is 0 Å². The second kappa shape index (κ2) is 6.34. The van der Waals surface area contributed by atoms with Crippen LogP contribution in [0.25, 0.3) is 0 Å². The van der Waals surface area contributed by atoms with Crippen LogP contribution in [0.2, 0.25) is 0 Å². The largest absolute Gasteiger partial charge is 0.294 e. The summed E-state index contributed by atoms with van der Waals surface area (Å²) < 4.78 is 27.7. The van der Waals surface area contributed by atoms with Crippen molar-refractivity contribution >= 4 is 0 Å². The van der Waals surface area contributed by atoms with Crippen LogP contribution >= 0.6 is 0 Å². The molecule has 74 valence electrons. The van der Waals surface area contributed by atoms with Gasteiger partial charge in [-0.05, 0) is 30.5 Å². The Kier molecular flexibility index (Phi) is 5.76. The van der Waals surface area contributed by atoms with Crippen molar-refractivity contribution in [2.75, 3.05) is 0 Å². The molecule has 0 N–H and O–H groups in total. The number of halogens is 3. The molecule has 0 heterocycles. The van der Waals surface area contributed by atoms with E-state index in [9.17, 15) is 4.53 Å². The summed E-state index contributed by atoms with van der Waals surface area (Å²) >= 11 is 0. The molecule has 1 aromatic rings. The van der Waals surface area contributed by atoms with Crippen molar-refractivity contribution in [3.8, 4) is 5.75 Å². The van der Waals surface area contributed by atoms with Gasteiger partial charge in [-0.2, -0.15) is 0 Å². The minimum absolute atomic E-state index is 0.308. The molecular formula is C9H11F3O. The number of benzene rings is 1. The summed E-state index contributed by atoms with van der Waals surface area (Å²) in [5.74, 6) is 0.308. The Morgan fingerprint density at radius 3 is 2.31 bits per heavy atom. The third-order valence-corrected chi connectivity index (χ3v) is 1.73. The first-order valence-electron chi connectivity index (χ1n) is 3.80. The first-order valence-corrected chi connectivity index (χ1v) is 3.80. The Labute approximate surface area is 74.9 Å². The lowest BCUT2D eigenvalue weighted by molar-refractivity contribution is -0.00702. The van der Waals surface area contributed by atoms with E-state index in [1.807, 2.05) is 19.1 Å². The molecule has 1 rings (SSSR count). The molecule has 0 fully saturated rings. The lowest BCUT2D eigenvalue weighted by Gasteiger charge is -2.01. The van der Waals surface area contributed by atoms with Crippen molar-refractivity contribution in [3.05, 3.63) is 29.3 Å². The molecule has 0 aliphatic heterocycles. The van der Waals surface area contributed by atoms with Crippen LogP contribution in [0.1, 0.15) is 18.1 Å². The Hall–Kier alpha value is -1.19. The van der Waals surface area contributed by atoms with Crippen LogP contribution in [0, 0.1) is 6.92 Å². The fourth-order valence-corrected chi connectivity index (χ4v) is 1.02. The monoisotopic (exact) mass is 192 g/mol. The highest BCUT2D eigenvalue weighted by molar-refractivity contribution is 5.35. The van der Waals surface area contributed by atoms with Gasteiger partial charge in [0, 0.05) is 13.7 Å². The molecule has 0 aliphatic carbocycles. The van der Waals surface area contributed by atoms with E-state index in [-0.39, 0.29) is 0 Å². The minimum atomic E-state index is 0.308. The fraction of sp³-hybridized carbons (Fsp3) is 0.333. The maximum absolute atomic E-state index is 11.7. The number of hydrogen-bond acceptors (Lipinski definition) is 1. The van der Waals surface area contributed by atoms with E-state index in [1.165, 1.54) is 5.56 Å². The Morgan fingerprint density at radius 1 is 1.31 bits per heavy atom. The summed E-state index contributed by atoms with van der Waals surface area (Å²) in [4.78, 5) is 3.64. The maximum Gasteiger partial charge on any atom is 0.174 e. The second-order valence-electron chi connectivity index (χ2n) is 2.53. The first kappa shape index (κ1) is 11.8. The Balaban J connectivity index is 0.000000671. The molecule has 0 radical (unpaired) electrons. The van der Waals surface area contributed by atoms with E-state index in [2.05, 4.69) is 11.9 Å². The molecule has 4 heteroatoms. The summed E-state index contributed by atoms with van der Waals surface area (Å²) in [6.45, 7) is 3.89. The molecular weight excluding hydrogens is 181 g/mol. The molecule has 0 unspecified atom stereocenters. The van der Waals surface area contributed by atoms with E-state index in [0.717, 1.165) is 12.0 Å². The summed E-state index contributed by atoms with van der Waals surface area (Å²) in [7, 11) is 0. The van der Waals surface area contributed by atoms with Gasteiger partial charge < -0.3 is 0 Å². The molecule has 1 nitrogen and oxygen atoms in total. The predicted octanol–water partition coefficient (Wildman–Crippen LogP) is 3.66. The zero-order valence-corrected chi connectivity index (χ0v) is 7.48. The average Bonchev–Trinajstić information content (AvgIpc) is 2.20. The molecule has 1 aromatic carbocycles. The van der Waals surface area contributed by atoms with Gasteiger partial charge in [-0.3, -0.25) is 4.94 Å². The summed E-state index contributed by atoms with van der Waals surface area (Å²) in [5.41, 5.74) is 2.04. The van der Waals surface area contributed by atoms with E-state index in [4.69, 9.17) is 9.15 Å². The number of aryl methyl sites for hydroxylation is 2. The third-order valence-electron chi connectivity index (χ3n) is 1.73. The van der Waals surface area contributed by atoms with Crippen LogP contribution < -0.4 is 4.94 Å². The fourth-order valence-electron chi connectivity index (χ4n) is 1.02. The smallest absolute Gasteiger partial charge is 0.174 e. The quantitative estimate of drug-likeness (QED) is 0.694. The predicted molar refractivity (Wildman–Crippen MR) is 44.5 cm³/mol. The molecule has 0 spiro atoms. The molecule has 0 amide bonds. The normalized spacial score (nSPS) is 8.69. The van der Waals surface area contributed by atoms with E-state index in [0.29, 0.717) is 5.75 Å². The van der Waals surface area contributed by atoms with Crippen LogP contribution in [-0.2, 0) is 6.42 Å². The van der Waals surface area contributed by atoms with Crippen LogP contribution in [0.4, 0.5) is 13.7 Å². The van der Waals surface area contributed by atoms with Gasteiger partial charge in [-0.1, -0.05) is 19.1 Å². The van der Waals surface area contributed by atoms with Gasteiger partial charge >= 0.3 is 0 Å². The van der Waals surface area contributed by atoms with E-state index < -0.39 is 0 Å². The van der Waals surface area contributed by atoms with Gasteiger partial charge in [0.15, 0.2) is 5.75 Å². The molecule has 0 aromatic heterocycles. The zero-order valence-electron chi connectivity index (χ0n) is 7.48. The van der Waals surface area contributed by atoms with Crippen molar-refractivity contribution < 1.29 is 18.6 Å². The van der Waals surface area contributed by atoms with Crippen molar-refractivity contribution in [1.29, 1.82) is 0 Å². The average molecular weight is 192 g/mol. The van der Waals surface area contributed by atoms with E-state index >= 15 is 0 Å². The van der Waals surface area contributed by atoms with Crippen molar-refractivity contribution in [2.24, 2.45) is 0 Å². The molecule has 0 aliphatic rings. The lowest BCUT2D eigenvalue weighted by atomic mass is 10.1. The molecule has 0 atom stereocenters. The van der Waals surface area contributed by atoms with E-state index in [1.54, 1.807) is 6.07 Å². The zero-order chi connectivity index (χ0) is 10.3. The van der Waals surface area contributed by atoms with Gasteiger partial charge in [-0.25, -0.2) is 0 Å². The van der Waals surface area contributed by atoms with Crippen LogP contribution in [0.15, 0.2) is 18.2 Å². The highest BCUT2D eigenvalue weighted by Gasteiger charge is 1.99. The summed E-state index contributed by atoms with van der Waals surface area (Å²) in [6, 6.07) is 5.44. The van der Waals surface area contributed by atoms with Crippen LogP contribution in [0.5, 0.6) is 5.75 Å². The van der Waals surface area contributed by atoms with Crippen LogP contribution in [0.3, 0.4) is 0 Å². The minimum Gasteiger partial charge on any atom is -0.294 e. The van der Waals surface area contributed by atoms with Crippen molar-refractivity contribution in [1.82, 2.24) is 0 Å². The summed E-state index contributed by atoms with van der Waals surface area (Å²) in [5, 5.41) is 0. The first-order chi connectivity index (χ1) is 6.27. The number of rotatable bonds is 2. The Bertz CT molecular complexity index is 251. The number of hydrogen-bond donors (Lipinski definition) is 0. The molecule has 0 bridgehead atoms. The maximum atomic E-state index is 11.7. The lowest BCUT2D eigenvalue weighted by Crippen LogP contribution is -1.85. The van der Waals surface area contributed by atoms with Gasteiger partial charge in [0.05, 0.1) is 0 Å². The Morgan fingerprint density at radius 2 is 1.92 bits per heavy atom. The molecule has 13 heavy (non-hydrogen) atoms. The molecule has 0 saturated heterocycles. The SMILES string of the molecule is CCc1ccc(OF)c(C)c1.FF. The summed E-state index contributed by atoms with van der Waals surface area (Å²) in [6.07, 6.45) is 0.966. The second-order valence-corrected chi connectivity index (χ2v) is 2.53.